The fraction of sp³-hybridized carbons (Fsp3) is 0.273. The molecule has 0 bridgehead atoms. The van der Waals surface area contributed by atoms with Crippen LogP contribution in [0.1, 0.15) is 24.2 Å². The van der Waals surface area contributed by atoms with Crippen LogP contribution in [0, 0.1) is 0 Å². The highest BCUT2D eigenvalue weighted by Crippen LogP contribution is 2.34. The average Bonchev–Trinajstić information content (AvgIpc) is 3.55. The summed E-state index contributed by atoms with van der Waals surface area (Å²) in [5.74, 6) is 0.793. The van der Waals surface area contributed by atoms with Crippen LogP contribution in [0.15, 0.2) is 56.9 Å². The predicted octanol–water partition coefficient (Wildman–Crippen LogP) is 3.28. The average molecular weight is 469 g/mol. The van der Waals surface area contributed by atoms with Crippen LogP contribution in [0.4, 0.5) is 5.82 Å². The highest BCUT2D eigenvalue weighted by atomic mass is 32.2. The Morgan fingerprint density at radius 1 is 1.28 bits per heavy atom. The van der Waals surface area contributed by atoms with Crippen molar-refractivity contribution >= 4 is 51.7 Å². The normalized spacial score (nSPS) is 20.1. The quantitative estimate of drug-likeness (QED) is 0.436. The van der Waals surface area contributed by atoms with Crippen LogP contribution < -0.4 is 10.9 Å². The molecule has 8 nitrogen and oxygen atoms in total. The molecular weight excluding hydrogens is 448 g/mol. The van der Waals surface area contributed by atoms with Crippen molar-refractivity contribution in [1.29, 1.82) is 0 Å². The van der Waals surface area contributed by atoms with Crippen LogP contribution in [0.3, 0.4) is 0 Å². The number of thioether (sulfide) groups is 1. The number of pyridine rings is 1. The van der Waals surface area contributed by atoms with E-state index in [4.69, 9.17) is 21.4 Å². The first-order valence-corrected chi connectivity index (χ1v) is 11.5. The largest absolute Gasteiger partial charge is 0.467 e. The summed E-state index contributed by atoms with van der Waals surface area (Å²) in [4.78, 5) is 32.8. The minimum atomic E-state index is -0.265. The number of hydrogen-bond donors (Lipinski definition) is 1. The zero-order valence-corrected chi connectivity index (χ0v) is 18.7. The summed E-state index contributed by atoms with van der Waals surface area (Å²) in [6, 6.07) is 8.91. The van der Waals surface area contributed by atoms with E-state index in [0.717, 1.165) is 31.2 Å². The Labute approximate surface area is 193 Å². The second-order valence-electron chi connectivity index (χ2n) is 7.47. The van der Waals surface area contributed by atoms with Gasteiger partial charge in [0.15, 0.2) is 0 Å². The van der Waals surface area contributed by atoms with E-state index < -0.39 is 0 Å². The number of furan rings is 1. The van der Waals surface area contributed by atoms with E-state index in [9.17, 15) is 9.59 Å². The molecule has 10 heteroatoms. The molecule has 2 aliphatic rings. The molecular formula is C22H20N4O4S2. The fourth-order valence-corrected chi connectivity index (χ4v) is 4.95. The van der Waals surface area contributed by atoms with E-state index in [-0.39, 0.29) is 24.1 Å². The number of anilines is 1. The molecule has 3 aromatic heterocycles. The van der Waals surface area contributed by atoms with E-state index >= 15 is 0 Å². The lowest BCUT2D eigenvalue weighted by molar-refractivity contribution is -0.122. The molecule has 2 saturated heterocycles. The van der Waals surface area contributed by atoms with Crippen LogP contribution >= 0.6 is 24.0 Å². The monoisotopic (exact) mass is 468 g/mol. The highest BCUT2D eigenvalue weighted by Gasteiger charge is 2.33. The summed E-state index contributed by atoms with van der Waals surface area (Å²) in [6.07, 6.45) is 6.84. The number of amides is 1. The molecule has 1 atom stereocenters. The van der Waals surface area contributed by atoms with Gasteiger partial charge in [0.1, 0.15) is 21.5 Å². The summed E-state index contributed by atoms with van der Waals surface area (Å²) >= 11 is 6.57. The molecule has 1 N–H and O–H groups in total. The molecule has 0 spiro atoms. The standard InChI is InChI=1S/C22H20N4O4S2/c27-20-16(11-17-21(28)26(22(31)32-17)13-15-6-4-10-30-15)19(23-12-14-5-3-9-29-14)24-18-7-1-2-8-25(18)20/h1-2,4,6-8,10-11,14,23H,3,5,9,12-13H2/b17-11-/t14-/m0/s1. The molecule has 5 heterocycles. The minimum absolute atomic E-state index is 0.0744. The number of carbonyl (C=O) groups is 1. The van der Waals surface area contributed by atoms with E-state index in [1.54, 1.807) is 42.8 Å². The molecule has 0 aliphatic carbocycles. The Balaban J connectivity index is 1.50. The lowest BCUT2D eigenvalue weighted by atomic mass is 10.2. The van der Waals surface area contributed by atoms with E-state index in [0.29, 0.717) is 38.6 Å². The van der Waals surface area contributed by atoms with Crippen molar-refractivity contribution in [2.45, 2.75) is 25.5 Å². The van der Waals surface area contributed by atoms with Gasteiger partial charge in [-0.15, -0.1) is 0 Å². The Bertz CT molecular complexity index is 1260. The number of hydrogen-bond acceptors (Lipinski definition) is 8. The van der Waals surface area contributed by atoms with E-state index in [2.05, 4.69) is 10.3 Å². The van der Waals surface area contributed by atoms with Gasteiger partial charge in [-0.05, 0) is 43.2 Å². The van der Waals surface area contributed by atoms with Gasteiger partial charge in [-0.2, -0.15) is 0 Å². The molecule has 0 saturated carbocycles. The van der Waals surface area contributed by atoms with Crippen LogP contribution in [-0.4, -0.2) is 43.8 Å². The number of nitrogens with one attached hydrogen (secondary N) is 1. The zero-order valence-electron chi connectivity index (χ0n) is 17.0. The molecule has 2 aliphatic heterocycles. The van der Waals surface area contributed by atoms with Crippen molar-refractivity contribution in [2.75, 3.05) is 18.5 Å². The molecule has 5 rings (SSSR count). The second kappa shape index (κ2) is 8.89. The summed E-state index contributed by atoms with van der Waals surface area (Å²) in [7, 11) is 0. The summed E-state index contributed by atoms with van der Waals surface area (Å²) in [6.45, 7) is 1.52. The predicted molar refractivity (Wildman–Crippen MR) is 126 cm³/mol. The van der Waals surface area contributed by atoms with Gasteiger partial charge in [-0.3, -0.25) is 18.9 Å². The number of ether oxygens (including phenoxy) is 1. The molecule has 2 fully saturated rings. The van der Waals surface area contributed by atoms with E-state index in [1.807, 2.05) is 6.07 Å². The number of thiocarbonyl (C=S) groups is 1. The number of nitrogens with zero attached hydrogens (tertiary/aromatic N) is 3. The maximum atomic E-state index is 13.3. The Hall–Kier alpha value is -2.95. The lowest BCUT2D eigenvalue weighted by Crippen LogP contribution is -2.27. The smallest absolute Gasteiger partial charge is 0.267 e. The van der Waals surface area contributed by atoms with Crippen molar-refractivity contribution in [3.8, 4) is 0 Å². The third-order valence-corrected chi connectivity index (χ3v) is 6.71. The highest BCUT2D eigenvalue weighted by molar-refractivity contribution is 8.26. The topological polar surface area (TPSA) is 89.1 Å². The number of carbonyl (C=O) groups excluding carboxylic acids is 1. The van der Waals surface area contributed by atoms with Gasteiger partial charge in [0.25, 0.3) is 11.5 Å². The number of aromatic nitrogens is 2. The van der Waals surface area contributed by atoms with Crippen LogP contribution in [0.2, 0.25) is 0 Å². The van der Waals surface area contributed by atoms with Gasteiger partial charge >= 0.3 is 0 Å². The van der Waals surface area contributed by atoms with Crippen molar-refractivity contribution in [1.82, 2.24) is 14.3 Å². The third-order valence-electron chi connectivity index (χ3n) is 5.33. The maximum Gasteiger partial charge on any atom is 0.267 e. The SMILES string of the molecule is O=C1/C(=C/c2c(NC[C@@H]3CCCO3)nc3ccccn3c2=O)SC(=S)N1Cc1ccco1. The van der Waals surface area contributed by atoms with Gasteiger partial charge < -0.3 is 14.5 Å². The zero-order chi connectivity index (χ0) is 22.1. The van der Waals surface area contributed by atoms with Crippen LogP contribution in [-0.2, 0) is 16.1 Å². The first-order chi connectivity index (χ1) is 15.6. The van der Waals surface area contributed by atoms with Crippen molar-refractivity contribution in [2.24, 2.45) is 0 Å². The molecule has 0 aromatic carbocycles. The molecule has 32 heavy (non-hydrogen) atoms. The van der Waals surface area contributed by atoms with Gasteiger partial charge in [0.2, 0.25) is 0 Å². The Morgan fingerprint density at radius 2 is 2.19 bits per heavy atom. The lowest BCUT2D eigenvalue weighted by Gasteiger charge is -2.14. The molecule has 164 valence electrons. The Kier molecular flexibility index (Phi) is 5.81. The molecule has 3 aromatic rings. The fourth-order valence-electron chi connectivity index (χ4n) is 3.71. The molecule has 0 unspecified atom stereocenters. The third kappa shape index (κ3) is 4.08. The van der Waals surface area contributed by atoms with Gasteiger partial charge in [0, 0.05) is 19.3 Å². The number of rotatable bonds is 6. The van der Waals surface area contributed by atoms with Crippen molar-refractivity contribution in [3.63, 3.8) is 0 Å². The van der Waals surface area contributed by atoms with Gasteiger partial charge in [-0.1, -0.05) is 30.0 Å². The van der Waals surface area contributed by atoms with Crippen LogP contribution in [0.25, 0.3) is 11.7 Å². The number of fused-ring (bicyclic) bond motifs is 1. The second-order valence-corrected chi connectivity index (χ2v) is 9.15. The minimum Gasteiger partial charge on any atom is -0.467 e. The first kappa shape index (κ1) is 20.9. The van der Waals surface area contributed by atoms with Crippen LogP contribution in [0.5, 0.6) is 0 Å². The summed E-state index contributed by atoms with van der Waals surface area (Å²) in [5, 5.41) is 3.26. The van der Waals surface area contributed by atoms with Gasteiger partial charge in [-0.25, -0.2) is 4.98 Å². The Morgan fingerprint density at radius 3 is 2.97 bits per heavy atom. The van der Waals surface area contributed by atoms with Crippen molar-refractivity contribution < 1.29 is 13.9 Å². The summed E-state index contributed by atoms with van der Waals surface area (Å²) < 4.78 is 12.9. The summed E-state index contributed by atoms with van der Waals surface area (Å²) in [5.41, 5.74) is 0.571. The molecule has 0 radical (unpaired) electrons. The first-order valence-electron chi connectivity index (χ1n) is 10.2. The van der Waals surface area contributed by atoms with E-state index in [1.165, 1.54) is 9.30 Å². The maximum absolute atomic E-state index is 13.3. The van der Waals surface area contributed by atoms with Crippen molar-refractivity contribution in [3.05, 3.63) is 69.4 Å². The molecule has 1 amide bonds. The van der Waals surface area contributed by atoms with Gasteiger partial charge in [0.05, 0.1) is 29.4 Å².